The molecule has 0 N–H and O–H groups in total. The van der Waals surface area contributed by atoms with Crippen molar-refractivity contribution < 1.29 is 35.8 Å². The van der Waals surface area contributed by atoms with Crippen LogP contribution in [0, 0.1) is 0 Å². The molecule has 8 heteroatoms. The zero-order valence-electron chi connectivity index (χ0n) is 14.7. The number of halogens is 6. The Bertz CT molecular complexity index is 582. The van der Waals surface area contributed by atoms with Crippen LogP contribution < -0.4 is 4.74 Å². The van der Waals surface area contributed by atoms with Crippen LogP contribution in [0.2, 0.25) is 0 Å². The van der Waals surface area contributed by atoms with Gasteiger partial charge in [0.1, 0.15) is 12.4 Å². The van der Waals surface area contributed by atoms with E-state index in [2.05, 4.69) is 4.74 Å². The predicted molar refractivity (Wildman–Crippen MR) is 81.6 cm³/mol. The highest BCUT2D eigenvalue weighted by Crippen LogP contribution is 2.32. The summed E-state index contributed by atoms with van der Waals surface area (Å²) in [6.07, 6.45) is -9.33. The molecule has 0 atom stereocenters. The van der Waals surface area contributed by atoms with E-state index in [4.69, 9.17) is 4.74 Å². The summed E-state index contributed by atoms with van der Waals surface area (Å²) in [5.74, 6) is -0.401. The van der Waals surface area contributed by atoms with Crippen LogP contribution in [0.1, 0.15) is 45.7 Å². The molecule has 1 aromatic rings. The van der Waals surface area contributed by atoms with Gasteiger partial charge in [-0.05, 0) is 42.5 Å². The molecule has 0 saturated carbocycles. The maximum atomic E-state index is 12.5. The molecular weight excluding hydrogens is 350 g/mol. The monoisotopic (exact) mass is 372 g/mol. The summed E-state index contributed by atoms with van der Waals surface area (Å²) < 4.78 is 83.4. The van der Waals surface area contributed by atoms with Crippen LogP contribution in [0.3, 0.4) is 0 Å². The lowest BCUT2D eigenvalue weighted by Gasteiger charge is -2.28. The van der Waals surface area contributed by atoms with Crippen LogP contribution in [0.15, 0.2) is 18.2 Å². The van der Waals surface area contributed by atoms with E-state index in [0.717, 1.165) is 0 Å². The molecule has 0 saturated heterocycles. The summed E-state index contributed by atoms with van der Waals surface area (Å²) in [6.45, 7) is 6.92. The van der Waals surface area contributed by atoms with Crippen LogP contribution >= 0.6 is 0 Å². The topological polar surface area (TPSA) is 18.5 Å². The summed E-state index contributed by atoms with van der Waals surface area (Å²) in [7, 11) is 0. The largest absolute Gasteiger partial charge is 0.573 e. The Balaban J connectivity index is 3.10. The fourth-order valence-electron chi connectivity index (χ4n) is 2.21. The van der Waals surface area contributed by atoms with Gasteiger partial charge in [-0.2, -0.15) is 13.2 Å². The first kappa shape index (κ1) is 21.6. The minimum absolute atomic E-state index is 0.00121. The molecule has 0 heterocycles. The van der Waals surface area contributed by atoms with Crippen molar-refractivity contribution in [1.29, 1.82) is 0 Å². The van der Waals surface area contributed by atoms with Gasteiger partial charge in [0.2, 0.25) is 0 Å². The van der Waals surface area contributed by atoms with Crippen molar-refractivity contribution in [2.45, 2.75) is 64.6 Å². The Morgan fingerprint density at radius 3 is 1.84 bits per heavy atom. The molecule has 0 spiro atoms. The second-order valence-electron chi connectivity index (χ2n) is 7.50. The molecular formula is C17H22F6O2. The van der Waals surface area contributed by atoms with Crippen molar-refractivity contribution in [3.63, 3.8) is 0 Å². The molecule has 0 unspecified atom stereocenters. The molecule has 0 amide bonds. The zero-order valence-corrected chi connectivity index (χ0v) is 14.7. The standard InChI is InChI=1S/C17H22F6O2/c1-14(2,3)12-6-11(7-13(8-12)25-17(21,22)23)9-15(4,5)24-10-16(18,19)20/h6-8H,9-10H2,1-5H3. The van der Waals surface area contributed by atoms with Crippen molar-refractivity contribution in [2.24, 2.45) is 0 Å². The van der Waals surface area contributed by atoms with Crippen LogP contribution in [-0.2, 0) is 16.6 Å². The van der Waals surface area contributed by atoms with Gasteiger partial charge >= 0.3 is 12.5 Å². The lowest BCUT2D eigenvalue weighted by atomic mass is 9.84. The first-order valence-electron chi connectivity index (χ1n) is 7.58. The van der Waals surface area contributed by atoms with Gasteiger partial charge in [0.05, 0.1) is 5.60 Å². The molecule has 1 aromatic carbocycles. The van der Waals surface area contributed by atoms with Crippen LogP contribution in [0.4, 0.5) is 26.3 Å². The SMILES string of the molecule is CC(C)(Cc1cc(OC(F)(F)F)cc(C(C)(C)C)c1)OCC(F)(F)F. The highest BCUT2D eigenvalue weighted by Gasteiger charge is 2.34. The lowest BCUT2D eigenvalue weighted by molar-refractivity contribution is -0.274. The minimum Gasteiger partial charge on any atom is -0.406 e. The second-order valence-corrected chi connectivity index (χ2v) is 7.50. The number of benzene rings is 1. The van der Waals surface area contributed by atoms with Gasteiger partial charge in [0, 0.05) is 6.42 Å². The molecule has 0 aliphatic carbocycles. The fourth-order valence-corrected chi connectivity index (χ4v) is 2.21. The van der Waals surface area contributed by atoms with Crippen LogP contribution in [-0.4, -0.2) is 24.7 Å². The Kier molecular flexibility index (Phi) is 6.09. The van der Waals surface area contributed by atoms with Crippen molar-refractivity contribution in [3.8, 4) is 5.75 Å². The van der Waals surface area contributed by atoms with Crippen LogP contribution in [0.5, 0.6) is 5.75 Å². The van der Waals surface area contributed by atoms with E-state index in [1.807, 2.05) is 20.8 Å². The highest BCUT2D eigenvalue weighted by atomic mass is 19.4. The summed E-state index contributed by atoms with van der Waals surface area (Å²) >= 11 is 0. The van der Waals surface area contributed by atoms with E-state index in [1.54, 1.807) is 6.07 Å². The third kappa shape index (κ3) is 8.47. The fraction of sp³-hybridized carbons (Fsp3) is 0.647. The van der Waals surface area contributed by atoms with Gasteiger partial charge in [0.25, 0.3) is 0 Å². The summed E-state index contributed by atoms with van der Waals surface area (Å²) in [5, 5.41) is 0. The van der Waals surface area contributed by atoms with Gasteiger partial charge in [0.15, 0.2) is 0 Å². The van der Waals surface area contributed by atoms with Crippen molar-refractivity contribution in [1.82, 2.24) is 0 Å². The Morgan fingerprint density at radius 2 is 1.40 bits per heavy atom. The third-order valence-electron chi connectivity index (χ3n) is 3.32. The first-order chi connectivity index (χ1) is 11.0. The van der Waals surface area contributed by atoms with E-state index in [9.17, 15) is 26.3 Å². The summed E-state index contributed by atoms with van der Waals surface area (Å²) in [4.78, 5) is 0. The molecule has 1 rings (SSSR count). The molecule has 0 aromatic heterocycles. The average molecular weight is 372 g/mol. The quantitative estimate of drug-likeness (QED) is 0.610. The molecule has 0 aliphatic heterocycles. The Morgan fingerprint density at radius 1 is 0.840 bits per heavy atom. The van der Waals surface area contributed by atoms with Crippen molar-refractivity contribution >= 4 is 0 Å². The van der Waals surface area contributed by atoms with Gasteiger partial charge in [-0.15, -0.1) is 13.2 Å². The van der Waals surface area contributed by atoms with E-state index in [-0.39, 0.29) is 6.42 Å². The minimum atomic E-state index is -4.85. The normalized spacial score (nSPS) is 13.9. The maximum absolute atomic E-state index is 12.5. The number of ether oxygens (including phenoxy) is 2. The third-order valence-corrected chi connectivity index (χ3v) is 3.32. The second kappa shape index (κ2) is 7.05. The number of rotatable bonds is 5. The van der Waals surface area contributed by atoms with Gasteiger partial charge < -0.3 is 9.47 Å². The summed E-state index contributed by atoms with van der Waals surface area (Å²) in [5.41, 5.74) is -0.687. The smallest absolute Gasteiger partial charge is 0.406 e. The number of alkyl halides is 6. The Hall–Kier alpha value is -1.44. The molecule has 0 bridgehead atoms. The molecule has 2 nitrogen and oxygen atoms in total. The molecule has 0 radical (unpaired) electrons. The van der Waals surface area contributed by atoms with Crippen molar-refractivity contribution in [3.05, 3.63) is 29.3 Å². The van der Waals surface area contributed by atoms with Gasteiger partial charge in [-0.1, -0.05) is 26.8 Å². The zero-order chi connectivity index (χ0) is 19.7. The molecule has 144 valence electrons. The predicted octanol–water partition coefficient (Wildman–Crippen LogP) is 5.78. The number of hydrogen-bond acceptors (Lipinski definition) is 2. The van der Waals surface area contributed by atoms with E-state index >= 15 is 0 Å². The number of hydrogen-bond donors (Lipinski definition) is 0. The van der Waals surface area contributed by atoms with Crippen molar-refractivity contribution in [2.75, 3.05) is 6.61 Å². The highest BCUT2D eigenvalue weighted by molar-refractivity contribution is 5.38. The first-order valence-corrected chi connectivity index (χ1v) is 7.58. The van der Waals surface area contributed by atoms with Gasteiger partial charge in [-0.25, -0.2) is 0 Å². The van der Waals surface area contributed by atoms with E-state index < -0.39 is 35.9 Å². The maximum Gasteiger partial charge on any atom is 0.573 e. The van der Waals surface area contributed by atoms with Gasteiger partial charge in [-0.3, -0.25) is 0 Å². The summed E-state index contributed by atoms with van der Waals surface area (Å²) in [6, 6.07) is 4.10. The van der Waals surface area contributed by atoms with Crippen LogP contribution in [0.25, 0.3) is 0 Å². The Labute approximate surface area is 143 Å². The molecule has 25 heavy (non-hydrogen) atoms. The van der Waals surface area contributed by atoms with E-state index in [1.165, 1.54) is 26.0 Å². The molecule has 0 aliphatic rings. The molecule has 0 fully saturated rings. The van der Waals surface area contributed by atoms with E-state index in [0.29, 0.717) is 11.1 Å². The lowest BCUT2D eigenvalue weighted by Crippen LogP contribution is -2.32. The average Bonchev–Trinajstić information content (AvgIpc) is 2.31.